The molecule has 92 valence electrons. The molecule has 1 aliphatic heterocycles. The van der Waals surface area contributed by atoms with Gasteiger partial charge in [-0.15, -0.1) is 0 Å². The third-order valence-electron chi connectivity index (χ3n) is 2.81. The Morgan fingerprint density at radius 2 is 2.24 bits per heavy atom. The molecule has 1 saturated heterocycles. The van der Waals surface area contributed by atoms with E-state index in [0.29, 0.717) is 0 Å². The van der Waals surface area contributed by atoms with Gasteiger partial charge in [0.15, 0.2) is 5.82 Å². The Kier molecular flexibility index (Phi) is 2.84. The van der Waals surface area contributed by atoms with Crippen LogP contribution in [0.15, 0.2) is 17.2 Å². The summed E-state index contributed by atoms with van der Waals surface area (Å²) in [5.41, 5.74) is -0.821. The summed E-state index contributed by atoms with van der Waals surface area (Å²) in [6.07, 6.45) is 0.194. The summed E-state index contributed by atoms with van der Waals surface area (Å²) in [5, 5.41) is 18.4. The molecule has 1 aromatic rings. The predicted octanol–water partition coefficient (Wildman–Crippen LogP) is 0.300. The lowest BCUT2D eigenvalue weighted by Crippen LogP contribution is -2.32. The normalized spacial score (nSPS) is 24.0. The second-order valence-corrected chi connectivity index (χ2v) is 3.93. The highest BCUT2D eigenvalue weighted by molar-refractivity contribution is 5.66. The highest BCUT2D eigenvalue weighted by Crippen LogP contribution is 2.30. The molecule has 0 unspecified atom stereocenters. The minimum Gasteiger partial charge on any atom is -0.465 e. The minimum atomic E-state index is -1.24. The van der Waals surface area contributed by atoms with Crippen molar-refractivity contribution in [3.63, 3.8) is 0 Å². The van der Waals surface area contributed by atoms with Crippen LogP contribution in [0.1, 0.15) is 18.0 Å². The molecule has 0 radical (unpaired) electrons. The first-order valence-corrected chi connectivity index (χ1v) is 5.05. The number of halogens is 1. The molecule has 1 fully saturated rings. The molecule has 2 rings (SSSR count). The summed E-state index contributed by atoms with van der Waals surface area (Å²) < 4.78 is 13.1. The number of carbonyl (C=O) groups is 1. The number of aromatic amines is 1. The quantitative estimate of drug-likeness (QED) is 0.660. The van der Waals surface area contributed by atoms with Gasteiger partial charge in [-0.2, -0.15) is 0 Å². The molecular weight excluding hydrogens is 231 g/mol. The maximum atomic E-state index is 13.1. The summed E-state index contributed by atoms with van der Waals surface area (Å²) in [6.45, 7) is -0.0735. The van der Waals surface area contributed by atoms with Crippen LogP contribution in [0.25, 0.3) is 0 Å². The molecule has 1 aliphatic rings. The van der Waals surface area contributed by atoms with Crippen molar-refractivity contribution in [2.45, 2.75) is 18.6 Å². The van der Waals surface area contributed by atoms with Crippen LogP contribution in [0.3, 0.4) is 0 Å². The van der Waals surface area contributed by atoms with Crippen LogP contribution < -0.4 is 5.43 Å². The van der Waals surface area contributed by atoms with E-state index in [1.165, 1.54) is 6.20 Å². The van der Waals surface area contributed by atoms with Gasteiger partial charge in [0, 0.05) is 18.0 Å². The molecule has 2 heterocycles. The van der Waals surface area contributed by atoms with Crippen LogP contribution in [0, 0.1) is 5.82 Å². The number of H-pyrrole nitrogens is 1. The Bertz CT molecular complexity index is 501. The smallest absolute Gasteiger partial charge is 0.407 e. The van der Waals surface area contributed by atoms with E-state index in [1.54, 1.807) is 0 Å². The highest BCUT2D eigenvalue weighted by atomic mass is 19.1. The number of amides is 1. The SMILES string of the molecule is O=C(O)N1C[C@H](O)C[C@@H]1c1c[nH]cc(F)c1=O. The van der Waals surface area contributed by atoms with Gasteiger partial charge in [0.2, 0.25) is 5.43 Å². The molecule has 2 atom stereocenters. The van der Waals surface area contributed by atoms with Crippen LogP contribution in [0.5, 0.6) is 0 Å². The van der Waals surface area contributed by atoms with E-state index >= 15 is 0 Å². The van der Waals surface area contributed by atoms with Gasteiger partial charge in [0.25, 0.3) is 0 Å². The third-order valence-corrected chi connectivity index (χ3v) is 2.81. The Morgan fingerprint density at radius 3 is 2.88 bits per heavy atom. The number of β-amino-alcohol motifs (C(OH)–C–C–N with tert-alkyl or cyclic N) is 1. The third kappa shape index (κ3) is 2.01. The zero-order chi connectivity index (χ0) is 12.6. The van der Waals surface area contributed by atoms with Crippen LogP contribution in [-0.4, -0.2) is 38.8 Å². The van der Waals surface area contributed by atoms with Gasteiger partial charge in [0.1, 0.15) is 0 Å². The molecule has 0 bridgehead atoms. The minimum absolute atomic E-state index is 0.0175. The number of nitrogens with zero attached hydrogens (tertiary/aromatic N) is 1. The van der Waals surface area contributed by atoms with E-state index in [4.69, 9.17) is 5.11 Å². The monoisotopic (exact) mass is 242 g/mol. The van der Waals surface area contributed by atoms with Crippen molar-refractivity contribution in [3.05, 3.63) is 34.0 Å². The number of rotatable bonds is 1. The van der Waals surface area contributed by atoms with Gasteiger partial charge in [-0.25, -0.2) is 9.18 Å². The molecule has 0 spiro atoms. The fraction of sp³-hybridized carbons (Fsp3) is 0.400. The molecule has 7 heteroatoms. The Hall–Kier alpha value is -1.89. The Balaban J connectivity index is 2.42. The summed E-state index contributed by atoms with van der Waals surface area (Å²) in [4.78, 5) is 25.9. The van der Waals surface area contributed by atoms with Crippen molar-refractivity contribution in [1.29, 1.82) is 0 Å². The van der Waals surface area contributed by atoms with Gasteiger partial charge in [-0.1, -0.05) is 0 Å². The summed E-state index contributed by atoms with van der Waals surface area (Å²) in [6, 6.07) is -0.804. The first-order valence-electron chi connectivity index (χ1n) is 5.05. The standard InChI is InChI=1S/C10H11FN2O4/c11-7-3-12-2-6(9(7)15)8-1-5(14)4-13(8)10(16)17/h2-3,5,8,14H,1,4H2,(H,12,15)(H,16,17)/t5-,8-/m1/s1. The number of carboxylic acid groups (broad SMARTS) is 1. The molecule has 0 aromatic carbocycles. The highest BCUT2D eigenvalue weighted by Gasteiger charge is 2.36. The van der Waals surface area contributed by atoms with Crippen LogP contribution >= 0.6 is 0 Å². The fourth-order valence-corrected chi connectivity index (χ4v) is 2.04. The topological polar surface area (TPSA) is 93.6 Å². The lowest BCUT2D eigenvalue weighted by molar-refractivity contribution is 0.131. The number of hydrogen-bond acceptors (Lipinski definition) is 3. The Morgan fingerprint density at radius 1 is 1.53 bits per heavy atom. The van der Waals surface area contributed by atoms with Gasteiger partial charge < -0.3 is 15.2 Å². The number of hydrogen-bond donors (Lipinski definition) is 3. The van der Waals surface area contributed by atoms with E-state index in [1.807, 2.05) is 0 Å². The maximum absolute atomic E-state index is 13.1. The number of aliphatic hydroxyl groups excluding tert-OH is 1. The van der Waals surface area contributed by atoms with Crippen molar-refractivity contribution in [2.24, 2.45) is 0 Å². The predicted molar refractivity (Wildman–Crippen MR) is 55.1 cm³/mol. The summed E-state index contributed by atoms with van der Waals surface area (Å²) in [5.74, 6) is -0.964. The Labute approximate surface area is 95.3 Å². The molecule has 0 aliphatic carbocycles. The van der Waals surface area contributed by atoms with Gasteiger partial charge in [0.05, 0.1) is 18.7 Å². The molecule has 3 N–H and O–H groups in total. The first kappa shape index (κ1) is 11.6. The zero-order valence-corrected chi connectivity index (χ0v) is 8.76. The van der Waals surface area contributed by atoms with Crippen molar-refractivity contribution >= 4 is 6.09 Å². The van der Waals surface area contributed by atoms with E-state index in [9.17, 15) is 19.1 Å². The summed E-state index contributed by atoms with van der Waals surface area (Å²) >= 11 is 0. The van der Waals surface area contributed by atoms with E-state index in [2.05, 4.69) is 4.98 Å². The second-order valence-electron chi connectivity index (χ2n) is 3.93. The van der Waals surface area contributed by atoms with Crippen molar-refractivity contribution < 1.29 is 19.4 Å². The van der Waals surface area contributed by atoms with Crippen molar-refractivity contribution in [2.75, 3.05) is 6.54 Å². The van der Waals surface area contributed by atoms with Crippen molar-refractivity contribution in [1.82, 2.24) is 9.88 Å². The van der Waals surface area contributed by atoms with E-state index in [0.717, 1.165) is 11.1 Å². The van der Waals surface area contributed by atoms with Crippen LogP contribution in [0.4, 0.5) is 9.18 Å². The molecule has 1 amide bonds. The van der Waals surface area contributed by atoms with Gasteiger partial charge in [-0.3, -0.25) is 9.69 Å². The second kappa shape index (κ2) is 4.17. The number of nitrogens with one attached hydrogen (secondary N) is 1. The average molecular weight is 242 g/mol. The molecule has 0 saturated carbocycles. The number of likely N-dealkylation sites (tertiary alicyclic amines) is 1. The average Bonchev–Trinajstić information content (AvgIpc) is 2.64. The molecule has 17 heavy (non-hydrogen) atoms. The summed E-state index contributed by atoms with van der Waals surface area (Å²) in [7, 11) is 0. The number of aromatic nitrogens is 1. The molecular formula is C10H11FN2O4. The van der Waals surface area contributed by atoms with Gasteiger partial charge in [-0.05, 0) is 6.42 Å². The van der Waals surface area contributed by atoms with Crippen LogP contribution in [0.2, 0.25) is 0 Å². The van der Waals surface area contributed by atoms with Crippen LogP contribution in [-0.2, 0) is 0 Å². The lowest BCUT2D eigenvalue weighted by Gasteiger charge is -2.20. The zero-order valence-electron chi connectivity index (χ0n) is 8.76. The largest absolute Gasteiger partial charge is 0.465 e. The van der Waals surface area contributed by atoms with E-state index in [-0.39, 0.29) is 18.5 Å². The number of aliphatic hydroxyl groups is 1. The molecule has 1 aromatic heterocycles. The van der Waals surface area contributed by atoms with Gasteiger partial charge >= 0.3 is 6.09 Å². The maximum Gasteiger partial charge on any atom is 0.407 e. The fourth-order valence-electron chi connectivity index (χ4n) is 2.04. The van der Waals surface area contributed by atoms with Crippen molar-refractivity contribution in [3.8, 4) is 0 Å². The molecule has 6 nitrogen and oxygen atoms in total. The first-order chi connectivity index (χ1) is 8.00. The van der Waals surface area contributed by atoms with E-state index < -0.39 is 29.5 Å². The lowest BCUT2D eigenvalue weighted by atomic mass is 10.1. The number of pyridine rings is 1.